The zero-order valence-corrected chi connectivity index (χ0v) is 29.1. The van der Waals surface area contributed by atoms with Crippen molar-refractivity contribution in [2.24, 2.45) is 0 Å². The summed E-state index contributed by atoms with van der Waals surface area (Å²) in [6.45, 7) is 17.8. The molecule has 0 amide bonds. The number of pyridine rings is 2. The molecule has 42 heavy (non-hydrogen) atoms. The maximum Gasteiger partial charge on any atom is 0.120 e. The summed E-state index contributed by atoms with van der Waals surface area (Å²) < 4.78 is 6.32. The summed E-state index contributed by atoms with van der Waals surface area (Å²) in [7, 11) is -1.55. The van der Waals surface area contributed by atoms with Gasteiger partial charge in [0.05, 0.1) is 5.58 Å². The summed E-state index contributed by atoms with van der Waals surface area (Å²) >= 11 is 0. The quantitative estimate of drug-likeness (QED) is 0.134. The second-order valence-electron chi connectivity index (χ2n) is 12.8. The van der Waals surface area contributed by atoms with E-state index in [-0.39, 0.29) is 25.5 Å². The molecule has 0 spiro atoms. The summed E-state index contributed by atoms with van der Waals surface area (Å²) in [5, 5.41) is 3.81. The Morgan fingerprint density at radius 3 is 2.02 bits per heavy atom. The first-order valence-corrected chi connectivity index (χ1v) is 17.7. The molecule has 3 heterocycles. The summed E-state index contributed by atoms with van der Waals surface area (Å²) in [6.07, 6.45) is 3.85. The van der Waals surface area contributed by atoms with Crippen LogP contribution in [0.2, 0.25) is 19.6 Å². The summed E-state index contributed by atoms with van der Waals surface area (Å²) in [6, 6.07) is 31.6. The molecule has 0 saturated carbocycles. The predicted molar refractivity (Wildman–Crippen MR) is 175 cm³/mol. The molecule has 6 rings (SSSR count). The number of aromatic nitrogens is 2. The molecule has 3 nitrogen and oxygen atoms in total. The Morgan fingerprint density at radius 2 is 1.43 bits per heavy atom. The number of fused-ring (bicyclic) bond motifs is 3. The van der Waals surface area contributed by atoms with E-state index < -0.39 is 8.07 Å². The molecule has 5 heteroatoms. The van der Waals surface area contributed by atoms with Crippen LogP contribution in [0.5, 0.6) is 0 Å². The van der Waals surface area contributed by atoms with Crippen molar-refractivity contribution in [2.45, 2.75) is 59.7 Å². The van der Waals surface area contributed by atoms with Gasteiger partial charge in [0.15, 0.2) is 0 Å². The number of aryl methyl sites for hydroxylation is 2. The molecule has 6 aromatic rings. The first-order valence-electron chi connectivity index (χ1n) is 14.2. The van der Waals surface area contributed by atoms with Gasteiger partial charge in [-0.3, -0.25) is 0 Å². The Balaban J connectivity index is 0.000000228. The molecule has 0 aliphatic heterocycles. The maximum absolute atomic E-state index is 6.32. The number of furan rings is 1. The minimum atomic E-state index is -1.55. The van der Waals surface area contributed by atoms with E-state index in [0.29, 0.717) is 0 Å². The third-order valence-corrected chi connectivity index (χ3v) is 9.31. The molecule has 0 aliphatic carbocycles. The molecule has 0 aliphatic rings. The van der Waals surface area contributed by atoms with E-state index in [1.165, 1.54) is 32.6 Å². The third-order valence-electron chi connectivity index (χ3n) is 7.30. The van der Waals surface area contributed by atoms with Crippen molar-refractivity contribution in [1.82, 2.24) is 9.97 Å². The fourth-order valence-electron chi connectivity index (χ4n) is 4.83. The number of para-hydroxylation sites is 1. The van der Waals surface area contributed by atoms with Gasteiger partial charge in [0, 0.05) is 46.0 Å². The van der Waals surface area contributed by atoms with Crippen LogP contribution in [0.3, 0.4) is 0 Å². The van der Waals surface area contributed by atoms with Gasteiger partial charge in [-0.2, -0.15) is 0 Å². The van der Waals surface area contributed by atoms with Crippen LogP contribution in [-0.2, 0) is 25.5 Å². The molecular formula is C37H38IrN2OSi-2. The van der Waals surface area contributed by atoms with Gasteiger partial charge < -0.3 is 14.4 Å². The Kier molecular flexibility index (Phi) is 9.37. The number of benzene rings is 3. The zero-order valence-electron chi connectivity index (χ0n) is 25.7. The van der Waals surface area contributed by atoms with Gasteiger partial charge in [-0.25, -0.2) is 0 Å². The predicted octanol–water partition coefficient (Wildman–Crippen LogP) is 9.45. The number of rotatable bonds is 3. The maximum atomic E-state index is 6.32. The van der Waals surface area contributed by atoms with E-state index in [2.05, 4.69) is 107 Å². The molecule has 1 radical (unpaired) electrons. The van der Waals surface area contributed by atoms with E-state index >= 15 is 0 Å². The van der Waals surface area contributed by atoms with Crippen molar-refractivity contribution in [2.75, 3.05) is 0 Å². The molecule has 0 atom stereocenters. The van der Waals surface area contributed by atoms with E-state index in [9.17, 15) is 0 Å². The van der Waals surface area contributed by atoms with Gasteiger partial charge in [-0.15, -0.1) is 52.7 Å². The third kappa shape index (κ3) is 6.81. The molecule has 3 aromatic heterocycles. The van der Waals surface area contributed by atoms with Gasteiger partial charge >= 0.3 is 0 Å². The fourth-order valence-corrected chi connectivity index (χ4v) is 6.33. The van der Waals surface area contributed by atoms with E-state index in [0.717, 1.165) is 33.7 Å². The van der Waals surface area contributed by atoms with Crippen molar-refractivity contribution in [3.63, 3.8) is 0 Å². The summed E-state index contributed by atoms with van der Waals surface area (Å²) in [5.41, 5.74) is 9.45. The molecule has 0 bridgehead atoms. The first-order chi connectivity index (χ1) is 19.4. The SMILES string of the molecule is CC(C)(C)c1ccc(-c2[c-]cc([Si](C)(C)C)c3c2oc2ccccc23)nc1.Cc1c[c-]c(-c2ccc(C)cn2)cc1.[Ir]. The topological polar surface area (TPSA) is 38.9 Å². The Morgan fingerprint density at radius 1 is 0.738 bits per heavy atom. The summed E-state index contributed by atoms with van der Waals surface area (Å²) in [5.74, 6) is 0. The van der Waals surface area contributed by atoms with Gasteiger partial charge in [0.2, 0.25) is 0 Å². The monoisotopic (exact) mass is 747 g/mol. The van der Waals surface area contributed by atoms with Gasteiger partial charge in [-0.05, 0) is 40.9 Å². The van der Waals surface area contributed by atoms with Gasteiger partial charge in [0.1, 0.15) is 5.58 Å². The fraction of sp³-hybridized carbons (Fsp3) is 0.243. The standard InChI is InChI=1S/C24H26NOSi.C13H12N.Ir/c1-24(2,3)16-11-13-19(25-15-16)17-12-14-21(27(4,5)6)22-18-9-7-8-10-20(18)26-23(17)22;1-10-3-6-12(7-4-10)13-8-5-11(2)9-14-13;/h7-11,13-15H,1-6H3;3-6,8-9H,1-2H3;/q2*-1;. The first kappa shape index (κ1) is 31.6. The van der Waals surface area contributed by atoms with E-state index in [1.807, 2.05) is 49.6 Å². The second-order valence-corrected chi connectivity index (χ2v) is 17.9. The van der Waals surface area contributed by atoms with E-state index in [1.54, 1.807) is 0 Å². The van der Waals surface area contributed by atoms with E-state index in [4.69, 9.17) is 9.40 Å². The van der Waals surface area contributed by atoms with Crippen molar-refractivity contribution in [3.8, 4) is 22.5 Å². The van der Waals surface area contributed by atoms with Crippen LogP contribution in [0.1, 0.15) is 37.5 Å². The van der Waals surface area contributed by atoms with Crippen molar-refractivity contribution >= 4 is 35.2 Å². The van der Waals surface area contributed by atoms with Gasteiger partial charge in [-0.1, -0.05) is 101 Å². The van der Waals surface area contributed by atoms with Crippen LogP contribution in [0, 0.1) is 26.0 Å². The van der Waals surface area contributed by atoms with Crippen molar-refractivity contribution in [3.05, 3.63) is 114 Å². The van der Waals surface area contributed by atoms with Crippen LogP contribution < -0.4 is 5.19 Å². The molecule has 0 N–H and O–H groups in total. The van der Waals surface area contributed by atoms with Crippen LogP contribution in [0.4, 0.5) is 0 Å². The van der Waals surface area contributed by atoms with Crippen molar-refractivity contribution < 1.29 is 24.5 Å². The normalized spacial score (nSPS) is 11.6. The average Bonchev–Trinajstić information content (AvgIpc) is 3.33. The number of hydrogen-bond acceptors (Lipinski definition) is 3. The zero-order chi connectivity index (χ0) is 29.4. The second kappa shape index (κ2) is 12.5. The molecule has 0 fully saturated rings. The minimum Gasteiger partial charge on any atom is -0.501 e. The Hall–Kier alpha value is -3.37. The van der Waals surface area contributed by atoms with Gasteiger partial charge in [0.25, 0.3) is 0 Å². The van der Waals surface area contributed by atoms with Crippen LogP contribution in [-0.4, -0.2) is 18.0 Å². The van der Waals surface area contributed by atoms with Crippen molar-refractivity contribution in [1.29, 1.82) is 0 Å². The smallest absolute Gasteiger partial charge is 0.120 e. The largest absolute Gasteiger partial charge is 0.501 e. The Bertz CT molecular complexity index is 1750. The van der Waals surface area contributed by atoms with Crippen LogP contribution in [0.25, 0.3) is 44.5 Å². The molecular weight excluding hydrogens is 709 g/mol. The molecule has 217 valence electrons. The number of nitrogens with zero attached hydrogens (tertiary/aromatic N) is 2. The molecule has 0 saturated heterocycles. The number of hydrogen-bond donors (Lipinski definition) is 0. The molecule has 0 unspecified atom stereocenters. The average molecular weight is 747 g/mol. The minimum absolute atomic E-state index is 0. The molecule has 3 aromatic carbocycles. The van der Waals surface area contributed by atoms with Crippen LogP contribution in [0.15, 0.2) is 89.6 Å². The van der Waals surface area contributed by atoms with Crippen LogP contribution >= 0.6 is 0 Å². The Labute approximate surface area is 264 Å². The summed E-state index contributed by atoms with van der Waals surface area (Å²) in [4.78, 5) is 9.09.